The molecule has 1 atom stereocenters. The predicted octanol–water partition coefficient (Wildman–Crippen LogP) is 5.04. The number of phenols is 1. The lowest BCUT2D eigenvalue weighted by atomic mass is 10.1. The summed E-state index contributed by atoms with van der Waals surface area (Å²) in [5.74, 6) is -0.322. The van der Waals surface area contributed by atoms with E-state index >= 15 is 0 Å². The Hall–Kier alpha value is -3.79. The number of aromatic hydroxyl groups is 1. The van der Waals surface area contributed by atoms with Crippen LogP contribution in [0.5, 0.6) is 5.75 Å². The lowest BCUT2D eigenvalue weighted by molar-refractivity contribution is -0.123. The number of amides is 1. The smallest absolute Gasteiger partial charge is 0.258 e. The molecule has 3 aromatic rings. The third-order valence-corrected chi connectivity index (χ3v) is 7.58. The average molecular weight is 536 g/mol. The van der Waals surface area contributed by atoms with Crippen molar-refractivity contribution in [3.63, 3.8) is 0 Å². The number of aromatic nitrogens is 1. The molecule has 1 unspecified atom stereocenters. The van der Waals surface area contributed by atoms with E-state index in [-0.39, 0.29) is 29.6 Å². The van der Waals surface area contributed by atoms with E-state index in [0.29, 0.717) is 11.4 Å². The van der Waals surface area contributed by atoms with Crippen molar-refractivity contribution < 1.29 is 23.1 Å². The molecule has 2 aromatic carbocycles. The molecular weight excluding hydrogens is 502 g/mol. The third-order valence-electron chi connectivity index (χ3n) is 5.78. The molecule has 0 fully saturated rings. The number of sulfonamides is 1. The molecule has 2 N–H and O–H groups in total. The maximum atomic E-state index is 13.5. The molecule has 38 heavy (non-hydrogen) atoms. The van der Waals surface area contributed by atoms with Gasteiger partial charge in [-0.15, -0.1) is 0 Å². The van der Waals surface area contributed by atoms with Crippen molar-refractivity contribution in [3.05, 3.63) is 108 Å². The number of ether oxygens (including phenoxy) is 1. The van der Waals surface area contributed by atoms with Crippen LogP contribution in [0.3, 0.4) is 0 Å². The van der Waals surface area contributed by atoms with Gasteiger partial charge in [0.2, 0.25) is 10.0 Å². The number of pyridine rings is 1. The fourth-order valence-corrected chi connectivity index (χ4v) is 5.15. The van der Waals surface area contributed by atoms with E-state index in [9.17, 15) is 18.3 Å². The van der Waals surface area contributed by atoms with Crippen molar-refractivity contribution in [2.45, 2.75) is 44.4 Å². The highest BCUT2D eigenvalue weighted by molar-refractivity contribution is 7.89. The van der Waals surface area contributed by atoms with Gasteiger partial charge in [-0.1, -0.05) is 43.4 Å². The van der Waals surface area contributed by atoms with Gasteiger partial charge in [-0.25, -0.2) is 8.42 Å². The number of carbonyl (C=O) groups is 1. The van der Waals surface area contributed by atoms with Gasteiger partial charge >= 0.3 is 0 Å². The SMILES string of the molecule is C/C=C(\C=C/CC)C(OC)C(=O)Nc1ccc(CN(Cc2ccccn2)S(=O)(=O)c2ccc(O)cc2)cc1. The van der Waals surface area contributed by atoms with E-state index in [1.165, 1.54) is 35.7 Å². The summed E-state index contributed by atoms with van der Waals surface area (Å²) in [6.07, 6.45) is 7.38. The molecule has 0 aliphatic rings. The van der Waals surface area contributed by atoms with Crippen LogP contribution in [0.15, 0.2) is 102 Å². The normalized spacial score (nSPS) is 13.1. The number of hydrogen-bond acceptors (Lipinski definition) is 6. The molecule has 3 rings (SSSR count). The molecule has 0 bridgehead atoms. The first-order valence-electron chi connectivity index (χ1n) is 12.2. The van der Waals surface area contributed by atoms with Gasteiger partial charge in [0.05, 0.1) is 17.1 Å². The molecular formula is C29H33N3O5S. The zero-order valence-corrected chi connectivity index (χ0v) is 22.6. The highest BCUT2D eigenvalue weighted by atomic mass is 32.2. The minimum absolute atomic E-state index is 0.0171. The molecule has 0 saturated heterocycles. The van der Waals surface area contributed by atoms with E-state index in [2.05, 4.69) is 10.3 Å². The number of carbonyl (C=O) groups excluding carboxylic acids is 1. The number of phenolic OH excluding ortho intramolecular Hbond substituents is 1. The Morgan fingerprint density at radius 3 is 2.37 bits per heavy atom. The van der Waals surface area contributed by atoms with Gasteiger partial charge in [0.1, 0.15) is 5.75 Å². The number of benzene rings is 2. The quantitative estimate of drug-likeness (QED) is 0.315. The standard InChI is InChI=1S/C29H33N3O5S/c1-4-6-9-23(5-2)28(37-3)29(34)31-24-13-11-22(12-14-24)20-32(21-25-10-7-8-19-30-25)38(35,36)27-17-15-26(33)16-18-27/h5-19,28,33H,4,20-21H2,1-3H3,(H,31,34)/b9-6-,23-5+. The fourth-order valence-electron chi connectivity index (χ4n) is 3.75. The van der Waals surface area contributed by atoms with E-state index in [0.717, 1.165) is 17.6 Å². The number of rotatable bonds is 12. The molecule has 0 saturated carbocycles. The fraction of sp³-hybridized carbons (Fsp3) is 0.241. The van der Waals surface area contributed by atoms with Crippen molar-refractivity contribution in [2.24, 2.45) is 0 Å². The van der Waals surface area contributed by atoms with Gasteiger partial charge < -0.3 is 15.2 Å². The van der Waals surface area contributed by atoms with Gasteiger partial charge in [0, 0.05) is 25.5 Å². The van der Waals surface area contributed by atoms with E-state index in [1.54, 1.807) is 48.7 Å². The molecule has 1 aromatic heterocycles. The minimum Gasteiger partial charge on any atom is -0.508 e. The molecule has 0 radical (unpaired) electrons. The summed E-state index contributed by atoms with van der Waals surface area (Å²) >= 11 is 0. The second kappa shape index (κ2) is 13.7. The van der Waals surface area contributed by atoms with Gasteiger partial charge in [-0.3, -0.25) is 9.78 Å². The third kappa shape index (κ3) is 7.61. The van der Waals surface area contributed by atoms with Crippen LogP contribution in [0, 0.1) is 0 Å². The van der Waals surface area contributed by atoms with Crippen LogP contribution >= 0.6 is 0 Å². The predicted molar refractivity (Wildman–Crippen MR) is 148 cm³/mol. The summed E-state index contributed by atoms with van der Waals surface area (Å²) in [6.45, 7) is 4.02. The summed E-state index contributed by atoms with van der Waals surface area (Å²) in [7, 11) is -2.41. The Morgan fingerprint density at radius 2 is 1.79 bits per heavy atom. The number of nitrogens with zero attached hydrogens (tertiary/aromatic N) is 2. The Kier molecular flexibility index (Phi) is 10.3. The first kappa shape index (κ1) is 28.8. The molecule has 200 valence electrons. The Balaban J connectivity index is 1.80. The first-order chi connectivity index (χ1) is 18.3. The van der Waals surface area contributed by atoms with Crippen molar-refractivity contribution in [1.82, 2.24) is 9.29 Å². The number of hydrogen-bond donors (Lipinski definition) is 2. The van der Waals surface area contributed by atoms with Gasteiger partial charge in [-0.05, 0) is 73.0 Å². The van der Waals surface area contributed by atoms with Crippen LogP contribution in [-0.4, -0.2) is 41.9 Å². The van der Waals surface area contributed by atoms with Crippen molar-refractivity contribution in [1.29, 1.82) is 0 Å². The van der Waals surface area contributed by atoms with Crippen LogP contribution in [-0.2, 0) is 32.6 Å². The highest BCUT2D eigenvalue weighted by Crippen LogP contribution is 2.23. The Bertz CT molecular complexity index is 1350. The lowest BCUT2D eigenvalue weighted by Gasteiger charge is -2.22. The van der Waals surface area contributed by atoms with Crippen LogP contribution < -0.4 is 5.32 Å². The maximum Gasteiger partial charge on any atom is 0.258 e. The van der Waals surface area contributed by atoms with Crippen LogP contribution in [0.2, 0.25) is 0 Å². The van der Waals surface area contributed by atoms with Gasteiger partial charge in [0.15, 0.2) is 6.10 Å². The van der Waals surface area contributed by atoms with E-state index < -0.39 is 16.1 Å². The van der Waals surface area contributed by atoms with Gasteiger partial charge in [0.25, 0.3) is 5.91 Å². The first-order valence-corrected chi connectivity index (χ1v) is 13.7. The summed E-state index contributed by atoms with van der Waals surface area (Å²) in [6, 6.07) is 17.7. The number of anilines is 1. The zero-order chi connectivity index (χ0) is 27.5. The Morgan fingerprint density at radius 1 is 1.08 bits per heavy atom. The maximum absolute atomic E-state index is 13.5. The molecule has 1 heterocycles. The van der Waals surface area contributed by atoms with Crippen molar-refractivity contribution in [3.8, 4) is 5.75 Å². The minimum atomic E-state index is -3.89. The number of nitrogens with one attached hydrogen (secondary N) is 1. The zero-order valence-electron chi connectivity index (χ0n) is 21.7. The Labute approximate surface area is 224 Å². The van der Waals surface area contributed by atoms with Crippen LogP contribution in [0.25, 0.3) is 0 Å². The summed E-state index contributed by atoms with van der Waals surface area (Å²) < 4.78 is 33.7. The van der Waals surface area contributed by atoms with Gasteiger partial charge in [-0.2, -0.15) is 4.31 Å². The summed E-state index contributed by atoms with van der Waals surface area (Å²) in [4.78, 5) is 17.2. The lowest BCUT2D eigenvalue weighted by Crippen LogP contribution is -2.31. The molecule has 0 aliphatic carbocycles. The molecule has 8 nitrogen and oxygen atoms in total. The number of methoxy groups -OCH3 is 1. The average Bonchev–Trinajstić information content (AvgIpc) is 2.92. The van der Waals surface area contributed by atoms with Crippen molar-refractivity contribution >= 4 is 21.6 Å². The van der Waals surface area contributed by atoms with Crippen LogP contribution in [0.4, 0.5) is 5.69 Å². The molecule has 9 heteroatoms. The summed E-state index contributed by atoms with van der Waals surface area (Å²) in [5, 5.41) is 12.5. The van der Waals surface area contributed by atoms with Crippen molar-refractivity contribution in [2.75, 3.05) is 12.4 Å². The van der Waals surface area contributed by atoms with E-state index in [1.807, 2.05) is 32.1 Å². The summed E-state index contributed by atoms with van der Waals surface area (Å²) in [5.41, 5.74) is 2.65. The second-order valence-electron chi connectivity index (χ2n) is 8.49. The molecule has 0 aliphatic heterocycles. The number of allylic oxidation sites excluding steroid dienone is 2. The molecule has 0 spiro atoms. The highest BCUT2D eigenvalue weighted by Gasteiger charge is 2.26. The molecule has 1 amide bonds. The second-order valence-corrected chi connectivity index (χ2v) is 10.4. The monoisotopic (exact) mass is 535 g/mol. The van der Waals surface area contributed by atoms with Crippen LogP contribution in [0.1, 0.15) is 31.5 Å². The topological polar surface area (TPSA) is 109 Å². The largest absolute Gasteiger partial charge is 0.508 e. The van der Waals surface area contributed by atoms with E-state index in [4.69, 9.17) is 4.74 Å².